The van der Waals surface area contributed by atoms with Gasteiger partial charge in [-0.1, -0.05) is 12.1 Å². The van der Waals surface area contributed by atoms with Crippen LogP contribution in [0.1, 0.15) is 15.9 Å². The number of halogens is 1. The number of Topliss-reactive ketones (excluding diaryl/α,β-unsaturated/α-hetero) is 1. The van der Waals surface area contributed by atoms with Crippen LogP contribution in [0.2, 0.25) is 0 Å². The molecule has 6 nitrogen and oxygen atoms in total. The first-order chi connectivity index (χ1) is 9.88. The van der Waals surface area contributed by atoms with E-state index in [-0.39, 0.29) is 29.1 Å². The molecule has 0 atom stereocenters. The Balaban J connectivity index is 2.32. The van der Waals surface area contributed by atoms with Gasteiger partial charge in [-0.2, -0.15) is 0 Å². The van der Waals surface area contributed by atoms with Crippen molar-refractivity contribution in [3.8, 4) is 0 Å². The third kappa shape index (κ3) is 3.43. The molecule has 21 heavy (non-hydrogen) atoms. The average molecular weight is 351 g/mol. The summed E-state index contributed by atoms with van der Waals surface area (Å²) in [7, 11) is 0. The Morgan fingerprint density at radius 1 is 1.38 bits per heavy atom. The van der Waals surface area contributed by atoms with Gasteiger partial charge >= 0.3 is 0 Å². The van der Waals surface area contributed by atoms with E-state index in [9.17, 15) is 19.7 Å². The number of rotatable bonds is 4. The van der Waals surface area contributed by atoms with Crippen LogP contribution in [0.3, 0.4) is 0 Å². The number of aryl methyl sites for hydroxylation is 1. The summed E-state index contributed by atoms with van der Waals surface area (Å²) in [6, 6.07) is 7.12. The van der Waals surface area contributed by atoms with E-state index in [1.165, 1.54) is 35.0 Å². The summed E-state index contributed by atoms with van der Waals surface area (Å²) in [4.78, 5) is 34.3. The van der Waals surface area contributed by atoms with Crippen molar-refractivity contribution in [2.24, 2.45) is 0 Å². The molecule has 0 radical (unpaired) electrons. The second kappa shape index (κ2) is 6.01. The molecule has 0 fully saturated rings. The van der Waals surface area contributed by atoms with Crippen molar-refractivity contribution >= 4 is 27.4 Å². The summed E-state index contributed by atoms with van der Waals surface area (Å²) in [5, 5.41) is 10.7. The molecular formula is C14H11BrN2O4. The monoisotopic (exact) mass is 350 g/mol. The number of non-ortho nitro benzene ring substituents is 1. The zero-order valence-electron chi connectivity index (χ0n) is 11.1. The lowest BCUT2D eigenvalue weighted by atomic mass is 10.1. The maximum Gasteiger partial charge on any atom is 0.270 e. The van der Waals surface area contributed by atoms with Crippen LogP contribution < -0.4 is 5.56 Å². The highest BCUT2D eigenvalue weighted by Gasteiger charge is 2.13. The molecular weight excluding hydrogens is 340 g/mol. The number of benzene rings is 1. The second-order valence-corrected chi connectivity index (χ2v) is 5.42. The second-order valence-electron chi connectivity index (χ2n) is 4.51. The number of hydrogen-bond donors (Lipinski definition) is 0. The van der Waals surface area contributed by atoms with E-state index >= 15 is 0 Å². The van der Waals surface area contributed by atoms with E-state index in [0.29, 0.717) is 10.0 Å². The molecule has 2 aromatic rings. The van der Waals surface area contributed by atoms with Crippen LogP contribution in [0.5, 0.6) is 0 Å². The molecule has 1 heterocycles. The lowest BCUT2D eigenvalue weighted by molar-refractivity contribution is -0.384. The molecule has 108 valence electrons. The van der Waals surface area contributed by atoms with Gasteiger partial charge in [-0.05, 0) is 28.9 Å². The predicted molar refractivity (Wildman–Crippen MR) is 80.6 cm³/mol. The maximum atomic E-state index is 12.2. The third-order valence-corrected chi connectivity index (χ3v) is 3.36. The van der Waals surface area contributed by atoms with Gasteiger partial charge in [0.25, 0.3) is 11.2 Å². The molecule has 0 aliphatic heterocycles. The zero-order valence-corrected chi connectivity index (χ0v) is 12.7. The molecule has 7 heteroatoms. The summed E-state index contributed by atoms with van der Waals surface area (Å²) in [6.45, 7) is 1.49. The van der Waals surface area contributed by atoms with Crippen molar-refractivity contribution < 1.29 is 9.72 Å². The fraction of sp³-hybridized carbons (Fsp3) is 0.143. The molecule has 1 aromatic heterocycles. The van der Waals surface area contributed by atoms with Gasteiger partial charge < -0.3 is 4.57 Å². The number of carbonyl (C=O) groups excluding carboxylic acids is 1. The van der Waals surface area contributed by atoms with Crippen LogP contribution in [-0.2, 0) is 6.54 Å². The summed E-state index contributed by atoms with van der Waals surface area (Å²) in [6.07, 6.45) is 1.52. The molecule has 0 N–H and O–H groups in total. The van der Waals surface area contributed by atoms with Crippen molar-refractivity contribution in [2.45, 2.75) is 13.5 Å². The van der Waals surface area contributed by atoms with Crippen LogP contribution in [0.15, 0.2) is 45.8 Å². The molecule has 0 saturated carbocycles. The molecule has 0 amide bonds. The predicted octanol–water partition coefficient (Wildman–Crippen LogP) is 2.71. The Bertz CT molecular complexity index is 783. The minimum absolute atomic E-state index is 0.154. The number of pyridine rings is 1. The number of ketones is 1. The summed E-state index contributed by atoms with van der Waals surface area (Å²) in [5.41, 5.74) is 0.292. The lowest BCUT2D eigenvalue weighted by Crippen LogP contribution is -2.25. The van der Waals surface area contributed by atoms with Gasteiger partial charge in [-0.25, -0.2) is 0 Å². The van der Waals surface area contributed by atoms with Gasteiger partial charge in [-0.3, -0.25) is 19.7 Å². The zero-order chi connectivity index (χ0) is 15.6. The number of aromatic nitrogens is 1. The Morgan fingerprint density at radius 3 is 2.76 bits per heavy atom. The number of nitro groups is 1. The molecule has 0 aliphatic rings. The number of carbonyl (C=O) groups is 1. The molecule has 2 rings (SSSR count). The van der Waals surface area contributed by atoms with Crippen molar-refractivity contribution in [1.82, 2.24) is 4.57 Å². The highest BCUT2D eigenvalue weighted by atomic mass is 79.9. The van der Waals surface area contributed by atoms with Gasteiger partial charge in [0.05, 0.1) is 11.5 Å². The van der Waals surface area contributed by atoms with Gasteiger partial charge in [0.2, 0.25) is 0 Å². The minimum atomic E-state index is -0.563. The van der Waals surface area contributed by atoms with Crippen LogP contribution in [0.4, 0.5) is 5.69 Å². The molecule has 0 spiro atoms. The molecule has 0 aliphatic carbocycles. The first-order valence-corrected chi connectivity index (χ1v) is 6.82. The normalized spacial score (nSPS) is 10.4. The van der Waals surface area contributed by atoms with Crippen LogP contribution in [-0.4, -0.2) is 15.3 Å². The van der Waals surface area contributed by atoms with E-state index in [2.05, 4.69) is 15.9 Å². The molecule has 0 saturated heterocycles. The Morgan fingerprint density at radius 2 is 2.10 bits per heavy atom. The minimum Gasteiger partial charge on any atom is -0.306 e. The standard InChI is InChI=1S/C14H11BrN2O4/c1-9-5-11(15)7-16(14(9)19)8-13(18)10-3-2-4-12(6-10)17(20)21/h2-7H,8H2,1H3. The first kappa shape index (κ1) is 15.1. The topological polar surface area (TPSA) is 82.2 Å². The SMILES string of the molecule is Cc1cc(Br)cn(CC(=O)c2cccc([N+](=O)[O-])c2)c1=O. The average Bonchev–Trinajstić information content (AvgIpc) is 2.44. The van der Waals surface area contributed by atoms with Gasteiger partial charge in [0.15, 0.2) is 5.78 Å². The maximum absolute atomic E-state index is 12.2. The Hall–Kier alpha value is -2.28. The molecule has 0 unspecified atom stereocenters. The van der Waals surface area contributed by atoms with Crippen molar-refractivity contribution in [1.29, 1.82) is 0 Å². The highest BCUT2D eigenvalue weighted by Crippen LogP contribution is 2.14. The summed E-state index contributed by atoms with van der Waals surface area (Å²) < 4.78 is 1.96. The van der Waals surface area contributed by atoms with Crippen molar-refractivity contribution in [3.63, 3.8) is 0 Å². The van der Waals surface area contributed by atoms with Crippen molar-refractivity contribution in [3.05, 3.63) is 72.6 Å². The van der Waals surface area contributed by atoms with Crippen molar-refractivity contribution in [2.75, 3.05) is 0 Å². The fourth-order valence-corrected chi connectivity index (χ4v) is 2.49. The van der Waals surface area contributed by atoms with E-state index in [0.717, 1.165) is 0 Å². The largest absolute Gasteiger partial charge is 0.306 e. The van der Waals surface area contributed by atoms with E-state index in [1.807, 2.05) is 0 Å². The molecule has 1 aromatic carbocycles. The number of hydrogen-bond acceptors (Lipinski definition) is 4. The Labute approximate surface area is 128 Å². The number of nitrogens with zero attached hydrogens (tertiary/aromatic N) is 2. The van der Waals surface area contributed by atoms with Crippen LogP contribution in [0.25, 0.3) is 0 Å². The summed E-state index contributed by atoms with van der Waals surface area (Å²) in [5.74, 6) is -0.363. The van der Waals surface area contributed by atoms with Gasteiger partial charge in [0.1, 0.15) is 0 Å². The molecule has 0 bridgehead atoms. The third-order valence-electron chi connectivity index (χ3n) is 2.92. The quantitative estimate of drug-likeness (QED) is 0.482. The van der Waals surface area contributed by atoms with Crippen LogP contribution in [0, 0.1) is 17.0 Å². The number of nitro benzene ring substituents is 1. The van der Waals surface area contributed by atoms with Gasteiger partial charge in [0, 0.05) is 33.9 Å². The fourth-order valence-electron chi connectivity index (χ4n) is 1.90. The summed E-state index contributed by atoms with van der Waals surface area (Å²) >= 11 is 3.26. The lowest BCUT2D eigenvalue weighted by Gasteiger charge is -2.07. The first-order valence-electron chi connectivity index (χ1n) is 6.02. The van der Waals surface area contributed by atoms with E-state index < -0.39 is 4.92 Å². The van der Waals surface area contributed by atoms with E-state index in [1.54, 1.807) is 13.0 Å². The smallest absolute Gasteiger partial charge is 0.270 e. The highest BCUT2D eigenvalue weighted by molar-refractivity contribution is 9.10. The van der Waals surface area contributed by atoms with Gasteiger partial charge in [-0.15, -0.1) is 0 Å². The van der Waals surface area contributed by atoms with E-state index in [4.69, 9.17) is 0 Å². The van der Waals surface area contributed by atoms with Crippen LogP contribution >= 0.6 is 15.9 Å². The Kier molecular flexibility index (Phi) is 4.32.